The van der Waals surface area contributed by atoms with Crippen LogP contribution in [0.5, 0.6) is 0 Å². The Balaban J connectivity index is 1.22. The van der Waals surface area contributed by atoms with Crippen molar-refractivity contribution < 1.29 is 19.1 Å². The lowest BCUT2D eigenvalue weighted by molar-refractivity contribution is -0.116. The Hall–Kier alpha value is -3.28. The lowest BCUT2D eigenvalue weighted by atomic mass is 9.96. The van der Waals surface area contributed by atoms with Crippen molar-refractivity contribution in [2.24, 2.45) is 0 Å². The Kier molecular flexibility index (Phi) is 9.83. The second kappa shape index (κ2) is 13.6. The fourth-order valence-electron chi connectivity index (χ4n) is 7.23. The number of hydrogen-bond acceptors (Lipinski definition) is 8. The summed E-state index contributed by atoms with van der Waals surface area (Å²) < 4.78 is 7.54. The first kappa shape index (κ1) is 31.2. The first-order chi connectivity index (χ1) is 20.6. The fraction of sp³-hybridized carbons (Fsp3) is 0.625. The molecule has 0 saturated carbocycles. The topological polar surface area (TPSA) is 125 Å². The van der Waals surface area contributed by atoms with Crippen LogP contribution in [0, 0.1) is 0 Å². The van der Waals surface area contributed by atoms with Gasteiger partial charge in [-0.25, -0.2) is 4.79 Å². The van der Waals surface area contributed by atoms with Crippen molar-refractivity contribution in [3.63, 3.8) is 0 Å². The Labute approximate surface area is 253 Å². The number of hydrogen-bond donors (Lipinski definition) is 3. The highest BCUT2D eigenvalue weighted by Crippen LogP contribution is 2.36. The molecule has 2 amide bonds. The molecule has 0 aliphatic carbocycles. The maximum atomic E-state index is 13.5. The molecule has 3 fully saturated rings. The molecule has 11 nitrogen and oxygen atoms in total. The van der Waals surface area contributed by atoms with Gasteiger partial charge in [0.05, 0.1) is 12.1 Å². The standard InChI is InChI=1S/C32H46N6O5/c1-20(2)38-29-8-6-5-7-22(29)13-28(31(38)41)30(40)35-24-14-25-9-10-26(15-24)37(25)19-27(43-32(42)33-4)18-36-12-11-23(17-36)34-16-21(3)39/h5-8,13,20,23-27,34H,9-12,14-19H2,1-4H3,(H,33,42)(H,35,40)/t23?,24-,25+,26-,27?. The molecule has 3 N–H and O–H groups in total. The van der Waals surface area contributed by atoms with Gasteiger partial charge in [-0.1, -0.05) is 18.2 Å². The lowest BCUT2D eigenvalue weighted by Gasteiger charge is -2.41. The third-order valence-corrected chi connectivity index (χ3v) is 9.19. The summed E-state index contributed by atoms with van der Waals surface area (Å²) in [6, 6.07) is 10.1. The van der Waals surface area contributed by atoms with Crippen molar-refractivity contribution in [1.82, 2.24) is 30.3 Å². The lowest BCUT2D eigenvalue weighted by Crippen LogP contribution is -2.54. The molecule has 3 aliphatic heterocycles. The monoisotopic (exact) mass is 594 g/mol. The first-order valence-corrected chi connectivity index (χ1v) is 15.7. The summed E-state index contributed by atoms with van der Waals surface area (Å²) >= 11 is 0. The fourth-order valence-corrected chi connectivity index (χ4v) is 7.23. The van der Waals surface area contributed by atoms with Gasteiger partial charge in [0.2, 0.25) is 0 Å². The number of carbonyl (C=O) groups excluding carboxylic acids is 3. The Bertz CT molecular complexity index is 1380. The van der Waals surface area contributed by atoms with Gasteiger partial charge in [0, 0.05) is 56.9 Å². The van der Waals surface area contributed by atoms with Gasteiger partial charge in [-0.15, -0.1) is 0 Å². The summed E-state index contributed by atoms with van der Waals surface area (Å²) in [5.41, 5.74) is 0.750. The zero-order valence-electron chi connectivity index (χ0n) is 25.8. The zero-order valence-corrected chi connectivity index (χ0v) is 25.8. The SMILES string of the molecule is CNC(=O)OC(CN1CCC(NCC(C)=O)C1)CN1[C@@H]2CC[C@H]1C[C@@H](NC(=O)c1cc3ccccc3n(C(C)C)c1=O)C2. The van der Waals surface area contributed by atoms with E-state index in [1.54, 1.807) is 24.6 Å². The molecule has 2 unspecified atom stereocenters. The van der Waals surface area contributed by atoms with Gasteiger partial charge in [-0.2, -0.15) is 0 Å². The molecule has 234 valence electrons. The van der Waals surface area contributed by atoms with E-state index in [9.17, 15) is 19.2 Å². The Morgan fingerprint density at radius 1 is 1.02 bits per heavy atom. The Morgan fingerprint density at radius 2 is 1.74 bits per heavy atom. The number of amides is 2. The van der Waals surface area contributed by atoms with Crippen molar-refractivity contribution in [2.45, 2.75) is 89.2 Å². The molecule has 4 heterocycles. The minimum atomic E-state index is -0.438. The number of nitrogens with one attached hydrogen (secondary N) is 3. The second-order valence-corrected chi connectivity index (χ2v) is 12.7. The maximum Gasteiger partial charge on any atom is 0.407 e. The summed E-state index contributed by atoms with van der Waals surface area (Å²) in [6.07, 6.45) is 3.86. The number of Topliss-reactive ketones (excluding diaryl/α,β-unsaturated/α-hetero) is 1. The molecule has 5 rings (SSSR count). The predicted molar refractivity (Wildman–Crippen MR) is 165 cm³/mol. The molecule has 0 radical (unpaired) electrons. The summed E-state index contributed by atoms with van der Waals surface area (Å²) in [5, 5.41) is 9.97. The molecular weight excluding hydrogens is 548 g/mol. The van der Waals surface area contributed by atoms with Crippen molar-refractivity contribution in [3.05, 3.63) is 46.2 Å². The van der Waals surface area contributed by atoms with Crippen molar-refractivity contribution in [3.8, 4) is 0 Å². The number of ether oxygens (including phenoxy) is 1. The van der Waals surface area contributed by atoms with Crippen LogP contribution in [0.2, 0.25) is 0 Å². The van der Waals surface area contributed by atoms with E-state index in [0.29, 0.717) is 19.6 Å². The van der Waals surface area contributed by atoms with Crippen LogP contribution in [0.3, 0.4) is 0 Å². The third-order valence-electron chi connectivity index (χ3n) is 9.19. The zero-order chi connectivity index (χ0) is 30.7. The van der Waals surface area contributed by atoms with Crippen LogP contribution < -0.4 is 21.5 Å². The normalized spacial score (nSPS) is 24.8. The number of piperidine rings is 1. The van der Waals surface area contributed by atoms with Gasteiger partial charge in [0.1, 0.15) is 17.5 Å². The number of ketones is 1. The highest BCUT2D eigenvalue weighted by molar-refractivity contribution is 5.97. The number of aromatic nitrogens is 1. The summed E-state index contributed by atoms with van der Waals surface area (Å²) in [5.74, 6) is -0.190. The summed E-state index contributed by atoms with van der Waals surface area (Å²) in [6.45, 7) is 8.84. The minimum absolute atomic E-state index is 0.0235. The molecule has 3 saturated heterocycles. The van der Waals surface area contributed by atoms with Crippen LogP contribution in [0.15, 0.2) is 35.1 Å². The van der Waals surface area contributed by atoms with E-state index < -0.39 is 6.09 Å². The summed E-state index contributed by atoms with van der Waals surface area (Å²) in [4.78, 5) is 55.2. The van der Waals surface area contributed by atoms with Gasteiger partial charge in [0.15, 0.2) is 0 Å². The predicted octanol–water partition coefficient (Wildman–Crippen LogP) is 2.29. The van der Waals surface area contributed by atoms with Crippen LogP contribution in [0.25, 0.3) is 10.9 Å². The molecule has 2 aromatic rings. The highest BCUT2D eigenvalue weighted by Gasteiger charge is 2.43. The van der Waals surface area contributed by atoms with E-state index in [1.165, 1.54) is 0 Å². The number of benzene rings is 1. The van der Waals surface area contributed by atoms with E-state index in [1.807, 2.05) is 38.1 Å². The van der Waals surface area contributed by atoms with E-state index in [0.717, 1.165) is 56.1 Å². The third kappa shape index (κ3) is 7.27. The van der Waals surface area contributed by atoms with Crippen LogP contribution in [0.1, 0.15) is 69.3 Å². The van der Waals surface area contributed by atoms with Gasteiger partial charge in [-0.05, 0) is 76.9 Å². The molecule has 43 heavy (non-hydrogen) atoms. The number of alkyl carbamates (subject to hydrolysis) is 1. The molecule has 1 aromatic carbocycles. The van der Waals surface area contributed by atoms with Gasteiger partial charge >= 0.3 is 6.09 Å². The number of fused-ring (bicyclic) bond motifs is 3. The van der Waals surface area contributed by atoms with E-state index >= 15 is 0 Å². The maximum absolute atomic E-state index is 13.5. The average molecular weight is 595 g/mol. The van der Waals surface area contributed by atoms with Crippen LogP contribution in [-0.4, -0.2) is 102 Å². The minimum Gasteiger partial charge on any atom is -0.444 e. The average Bonchev–Trinajstić information content (AvgIpc) is 3.50. The number of para-hydroxylation sites is 1. The van der Waals surface area contributed by atoms with Crippen molar-refractivity contribution in [1.29, 1.82) is 0 Å². The van der Waals surface area contributed by atoms with Crippen LogP contribution >= 0.6 is 0 Å². The molecule has 0 spiro atoms. The summed E-state index contributed by atoms with van der Waals surface area (Å²) in [7, 11) is 1.57. The number of pyridine rings is 1. The van der Waals surface area contributed by atoms with Crippen LogP contribution in [0.4, 0.5) is 4.79 Å². The smallest absolute Gasteiger partial charge is 0.407 e. The van der Waals surface area contributed by atoms with Gasteiger partial charge in [-0.3, -0.25) is 24.2 Å². The highest BCUT2D eigenvalue weighted by atomic mass is 16.6. The van der Waals surface area contributed by atoms with Crippen molar-refractivity contribution in [2.75, 3.05) is 39.8 Å². The van der Waals surface area contributed by atoms with Gasteiger partial charge < -0.3 is 25.3 Å². The number of likely N-dealkylation sites (tertiary alicyclic amines) is 1. The Morgan fingerprint density at radius 3 is 2.42 bits per heavy atom. The molecule has 2 bridgehead atoms. The number of carbonyl (C=O) groups is 3. The molecule has 1 aromatic heterocycles. The van der Waals surface area contributed by atoms with Gasteiger partial charge in [0.25, 0.3) is 11.5 Å². The molecular formula is C32H46N6O5. The van der Waals surface area contributed by atoms with E-state index in [4.69, 9.17) is 4.74 Å². The second-order valence-electron chi connectivity index (χ2n) is 12.7. The quantitative estimate of drug-likeness (QED) is 0.362. The molecule has 5 atom stereocenters. The van der Waals surface area contributed by atoms with Crippen LogP contribution in [-0.2, 0) is 9.53 Å². The first-order valence-electron chi connectivity index (χ1n) is 15.7. The largest absolute Gasteiger partial charge is 0.444 e. The van der Waals surface area contributed by atoms with E-state index in [2.05, 4.69) is 25.8 Å². The number of nitrogens with zero attached hydrogens (tertiary/aromatic N) is 3. The molecule has 11 heteroatoms. The molecule has 3 aliphatic rings. The van der Waals surface area contributed by atoms with Crippen molar-refractivity contribution >= 4 is 28.7 Å². The van der Waals surface area contributed by atoms with E-state index in [-0.39, 0.29) is 59.1 Å². The number of rotatable bonds is 11.